The number of aliphatic hydroxyl groups excluding tert-OH is 1. The first kappa shape index (κ1) is 17.1. The van der Waals surface area contributed by atoms with Gasteiger partial charge in [0.1, 0.15) is 0 Å². The van der Waals surface area contributed by atoms with Crippen LogP contribution in [0.25, 0.3) is 6.08 Å². The van der Waals surface area contributed by atoms with Gasteiger partial charge < -0.3 is 19.7 Å². The number of rotatable bonds is 4. The number of aliphatic hydroxyl groups is 1. The third kappa shape index (κ3) is 3.85. The number of amides is 1. The maximum atomic E-state index is 12.4. The Balaban J connectivity index is 1.62. The van der Waals surface area contributed by atoms with E-state index >= 15 is 0 Å². The summed E-state index contributed by atoms with van der Waals surface area (Å²) in [5, 5.41) is 10.8. The van der Waals surface area contributed by atoms with E-state index in [-0.39, 0.29) is 18.0 Å². The number of aromatic amines is 1. The number of ether oxygens (including phenoxy) is 1. The molecule has 0 spiro atoms. The number of carbonyl (C=O) groups is 1. The topological polar surface area (TPSA) is 81.7 Å². The molecule has 0 aromatic carbocycles. The lowest BCUT2D eigenvalue weighted by Gasteiger charge is -2.45. The molecule has 3 atom stereocenters. The van der Waals surface area contributed by atoms with Crippen LogP contribution < -0.4 is 0 Å². The van der Waals surface area contributed by atoms with E-state index in [0.717, 1.165) is 51.3 Å². The van der Waals surface area contributed by atoms with Crippen molar-refractivity contribution >= 4 is 12.0 Å². The second-order valence-electron chi connectivity index (χ2n) is 6.49. The van der Waals surface area contributed by atoms with E-state index in [2.05, 4.69) is 14.9 Å². The summed E-state index contributed by atoms with van der Waals surface area (Å²) in [5.41, 5.74) is 0.784. The number of imidazole rings is 1. The molecule has 1 aromatic rings. The molecule has 0 unspecified atom stereocenters. The fourth-order valence-corrected chi connectivity index (χ4v) is 3.66. The molecule has 1 amide bonds. The van der Waals surface area contributed by atoms with Gasteiger partial charge in [0.15, 0.2) is 0 Å². The third-order valence-corrected chi connectivity index (χ3v) is 5.07. The van der Waals surface area contributed by atoms with Crippen molar-refractivity contribution in [1.82, 2.24) is 19.8 Å². The van der Waals surface area contributed by atoms with Crippen LogP contribution in [-0.2, 0) is 9.53 Å². The molecule has 2 heterocycles. The average molecular weight is 334 g/mol. The first-order valence-corrected chi connectivity index (χ1v) is 8.60. The number of H-pyrrole nitrogens is 1. The quantitative estimate of drug-likeness (QED) is 0.784. The molecule has 7 nitrogen and oxygen atoms in total. The summed E-state index contributed by atoms with van der Waals surface area (Å²) in [6.07, 6.45) is 8.78. The van der Waals surface area contributed by atoms with Gasteiger partial charge in [-0.3, -0.25) is 9.69 Å². The third-order valence-electron chi connectivity index (χ3n) is 5.07. The van der Waals surface area contributed by atoms with E-state index in [4.69, 9.17) is 4.74 Å². The SMILES string of the molecule is CN(C(=O)/C=C/c1cnc[nH]1)[C@@H]1CCC[C@@H](N2CCOCC2)[C@@H]1O. The molecule has 0 bridgehead atoms. The van der Waals surface area contributed by atoms with E-state index in [1.807, 2.05) is 0 Å². The average Bonchev–Trinajstić information content (AvgIpc) is 3.13. The van der Waals surface area contributed by atoms with Crippen molar-refractivity contribution in [2.24, 2.45) is 0 Å². The Morgan fingerprint density at radius 3 is 2.96 bits per heavy atom. The lowest BCUT2D eigenvalue weighted by Crippen LogP contribution is -2.58. The summed E-state index contributed by atoms with van der Waals surface area (Å²) in [4.78, 5) is 23.3. The Labute approximate surface area is 142 Å². The maximum absolute atomic E-state index is 12.4. The minimum absolute atomic E-state index is 0.101. The summed E-state index contributed by atoms with van der Waals surface area (Å²) in [6, 6.07) is -0.0370. The van der Waals surface area contributed by atoms with Gasteiger partial charge in [-0.1, -0.05) is 0 Å². The number of carbonyl (C=O) groups excluding carboxylic acids is 1. The number of hydrogen-bond acceptors (Lipinski definition) is 5. The molecule has 1 aliphatic heterocycles. The second-order valence-corrected chi connectivity index (χ2v) is 6.49. The van der Waals surface area contributed by atoms with Gasteiger partial charge in [0.05, 0.1) is 43.6 Å². The van der Waals surface area contributed by atoms with Gasteiger partial charge in [-0.25, -0.2) is 4.98 Å². The number of likely N-dealkylation sites (N-methyl/N-ethyl adjacent to an activating group) is 1. The van der Waals surface area contributed by atoms with E-state index < -0.39 is 6.10 Å². The zero-order valence-corrected chi connectivity index (χ0v) is 14.1. The molecule has 1 saturated carbocycles. The molecule has 0 radical (unpaired) electrons. The highest BCUT2D eigenvalue weighted by atomic mass is 16.5. The number of hydrogen-bond donors (Lipinski definition) is 2. The van der Waals surface area contributed by atoms with Gasteiger partial charge in [-0.15, -0.1) is 0 Å². The van der Waals surface area contributed by atoms with Gasteiger partial charge in [0.25, 0.3) is 0 Å². The first-order valence-electron chi connectivity index (χ1n) is 8.60. The van der Waals surface area contributed by atoms with Crippen molar-refractivity contribution in [2.45, 2.75) is 37.5 Å². The van der Waals surface area contributed by atoms with Crippen LogP contribution in [0, 0.1) is 0 Å². The maximum Gasteiger partial charge on any atom is 0.246 e. The summed E-state index contributed by atoms with van der Waals surface area (Å²) >= 11 is 0. The highest BCUT2D eigenvalue weighted by molar-refractivity contribution is 5.91. The lowest BCUT2D eigenvalue weighted by molar-refractivity contribution is -0.133. The van der Waals surface area contributed by atoms with Crippen molar-refractivity contribution in [2.75, 3.05) is 33.4 Å². The molecule has 2 aliphatic rings. The monoisotopic (exact) mass is 334 g/mol. The van der Waals surface area contributed by atoms with Crippen molar-refractivity contribution in [3.63, 3.8) is 0 Å². The highest BCUT2D eigenvalue weighted by Crippen LogP contribution is 2.27. The minimum Gasteiger partial charge on any atom is -0.389 e. The normalized spacial score (nSPS) is 29.0. The molecule has 1 aliphatic carbocycles. The van der Waals surface area contributed by atoms with E-state index in [9.17, 15) is 9.90 Å². The smallest absolute Gasteiger partial charge is 0.246 e. The van der Waals surface area contributed by atoms with Crippen molar-refractivity contribution in [1.29, 1.82) is 0 Å². The van der Waals surface area contributed by atoms with Crippen LogP contribution in [0.4, 0.5) is 0 Å². The second kappa shape index (κ2) is 7.92. The van der Waals surface area contributed by atoms with Crippen LogP contribution in [0.15, 0.2) is 18.6 Å². The fraction of sp³-hybridized carbons (Fsp3) is 0.647. The van der Waals surface area contributed by atoms with Crippen molar-refractivity contribution in [3.8, 4) is 0 Å². The van der Waals surface area contributed by atoms with Gasteiger partial charge in [0, 0.05) is 32.3 Å². The predicted molar refractivity (Wildman–Crippen MR) is 90.2 cm³/mol. The predicted octanol–water partition coefficient (Wildman–Crippen LogP) is 0.496. The Kier molecular flexibility index (Phi) is 5.65. The lowest BCUT2D eigenvalue weighted by atomic mass is 9.86. The van der Waals surface area contributed by atoms with Gasteiger partial charge in [-0.05, 0) is 25.3 Å². The van der Waals surface area contributed by atoms with Crippen LogP contribution in [-0.4, -0.2) is 82.3 Å². The van der Waals surface area contributed by atoms with Crippen molar-refractivity contribution in [3.05, 3.63) is 24.3 Å². The molecule has 7 heteroatoms. The largest absolute Gasteiger partial charge is 0.389 e. The zero-order chi connectivity index (χ0) is 16.9. The van der Waals surface area contributed by atoms with Crippen molar-refractivity contribution < 1.29 is 14.6 Å². The van der Waals surface area contributed by atoms with Crippen LogP contribution in [0.2, 0.25) is 0 Å². The molecular weight excluding hydrogens is 308 g/mol. The Morgan fingerprint density at radius 1 is 1.46 bits per heavy atom. The summed E-state index contributed by atoms with van der Waals surface area (Å²) in [5.74, 6) is -0.101. The molecule has 132 valence electrons. The van der Waals surface area contributed by atoms with Crippen LogP contribution >= 0.6 is 0 Å². The standard InChI is InChI=1S/C17H26N4O3/c1-20(16(22)6-5-13-11-18-12-19-13)14-3-2-4-15(17(14)23)21-7-9-24-10-8-21/h5-6,11-12,14-15,17,23H,2-4,7-10H2,1H3,(H,18,19)/b6-5+/t14-,15-,17-/m1/s1. The Bertz CT molecular complexity index is 554. The molecule has 1 aromatic heterocycles. The molecule has 2 fully saturated rings. The van der Waals surface area contributed by atoms with Gasteiger partial charge in [-0.2, -0.15) is 0 Å². The Hall–Kier alpha value is -1.70. The fourth-order valence-electron chi connectivity index (χ4n) is 3.66. The number of nitrogens with zero attached hydrogens (tertiary/aromatic N) is 3. The molecule has 2 N–H and O–H groups in total. The molecular formula is C17H26N4O3. The Morgan fingerprint density at radius 2 is 2.25 bits per heavy atom. The summed E-state index contributed by atoms with van der Waals surface area (Å²) < 4.78 is 5.40. The van der Waals surface area contributed by atoms with Crippen LogP contribution in [0.1, 0.15) is 25.0 Å². The van der Waals surface area contributed by atoms with Gasteiger partial charge >= 0.3 is 0 Å². The highest BCUT2D eigenvalue weighted by Gasteiger charge is 2.38. The molecule has 3 rings (SSSR count). The van der Waals surface area contributed by atoms with Gasteiger partial charge in [0.2, 0.25) is 5.91 Å². The van der Waals surface area contributed by atoms with E-state index in [1.165, 1.54) is 6.08 Å². The van der Waals surface area contributed by atoms with Crippen LogP contribution in [0.5, 0.6) is 0 Å². The molecule has 1 saturated heterocycles. The number of nitrogens with one attached hydrogen (secondary N) is 1. The van der Waals surface area contributed by atoms with Crippen LogP contribution in [0.3, 0.4) is 0 Å². The minimum atomic E-state index is -0.522. The van der Waals surface area contributed by atoms with E-state index in [1.54, 1.807) is 30.5 Å². The summed E-state index contributed by atoms with van der Waals surface area (Å²) in [7, 11) is 1.77. The molecule has 24 heavy (non-hydrogen) atoms. The number of morpholine rings is 1. The summed E-state index contributed by atoms with van der Waals surface area (Å²) in [6.45, 7) is 3.14. The van der Waals surface area contributed by atoms with E-state index in [0.29, 0.717) is 0 Å². The zero-order valence-electron chi connectivity index (χ0n) is 14.1. The number of aromatic nitrogens is 2. The first-order chi connectivity index (χ1) is 11.7.